The van der Waals surface area contributed by atoms with E-state index in [9.17, 15) is 0 Å². The van der Waals surface area contributed by atoms with Gasteiger partial charge in [0.2, 0.25) is 0 Å². The van der Waals surface area contributed by atoms with Crippen molar-refractivity contribution < 1.29 is 4.42 Å². The maximum atomic E-state index is 6.27. The molecule has 10 rings (SSSR count). The molecule has 0 aliphatic rings. The van der Waals surface area contributed by atoms with E-state index in [4.69, 9.17) is 4.42 Å². The molecule has 0 unspecified atom stereocenters. The fraction of sp³-hybridized carbons (Fsp3) is 0. The topological polar surface area (TPSA) is 43.9 Å². The molecule has 5 aromatic carbocycles. The van der Waals surface area contributed by atoms with E-state index in [-0.39, 0.29) is 0 Å². The van der Waals surface area contributed by atoms with Crippen LogP contribution in [0.15, 0.2) is 144 Å². The molecule has 0 bridgehead atoms. The van der Waals surface area contributed by atoms with Crippen molar-refractivity contribution in [2.24, 2.45) is 0 Å². The van der Waals surface area contributed by atoms with E-state index in [0.717, 1.165) is 39.1 Å². The first kappa shape index (κ1) is 24.6. The molecule has 10 aromatic rings. The molecule has 0 radical (unpaired) electrons. The first-order chi connectivity index (χ1) is 22.3. The lowest BCUT2D eigenvalue weighted by atomic mass is 9.99. The van der Waals surface area contributed by atoms with Crippen molar-refractivity contribution >= 4 is 75.3 Å². The molecule has 0 amide bonds. The van der Waals surface area contributed by atoms with Crippen LogP contribution in [0, 0.1) is 0 Å². The van der Waals surface area contributed by atoms with Crippen molar-refractivity contribution in [1.82, 2.24) is 14.5 Å². The van der Waals surface area contributed by atoms with Gasteiger partial charge in [-0.15, -0.1) is 11.3 Å². The molecule has 0 aliphatic heterocycles. The van der Waals surface area contributed by atoms with E-state index in [0.29, 0.717) is 0 Å². The largest absolute Gasteiger partial charge is 0.456 e. The summed E-state index contributed by atoms with van der Waals surface area (Å²) < 4.78 is 11.3. The summed E-state index contributed by atoms with van der Waals surface area (Å²) in [5.41, 5.74) is 9.90. The summed E-state index contributed by atoms with van der Waals surface area (Å²) in [6, 6.07) is 41.2. The van der Waals surface area contributed by atoms with E-state index in [1.54, 1.807) is 0 Å². The summed E-state index contributed by atoms with van der Waals surface area (Å²) in [6.07, 6.45) is 7.42. The van der Waals surface area contributed by atoms with Gasteiger partial charge in [0.1, 0.15) is 11.2 Å². The number of hydrogen-bond acceptors (Lipinski definition) is 4. The number of fused-ring (bicyclic) bond motifs is 11. The van der Waals surface area contributed by atoms with Crippen LogP contribution in [-0.2, 0) is 0 Å². The second-order valence-electron chi connectivity index (χ2n) is 11.4. The minimum Gasteiger partial charge on any atom is -0.456 e. The molecule has 0 aliphatic carbocycles. The van der Waals surface area contributed by atoms with Gasteiger partial charge in [0.05, 0.1) is 11.0 Å². The average Bonchev–Trinajstić information content (AvgIpc) is 3.78. The molecule has 4 nitrogen and oxygen atoms in total. The summed E-state index contributed by atoms with van der Waals surface area (Å²) >= 11 is 1.88. The van der Waals surface area contributed by atoms with Crippen LogP contribution in [0.2, 0.25) is 0 Å². The van der Waals surface area contributed by atoms with E-state index < -0.39 is 0 Å². The van der Waals surface area contributed by atoms with Crippen LogP contribution in [0.1, 0.15) is 0 Å². The molecule has 0 N–H and O–H groups in total. The van der Waals surface area contributed by atoms with Crippen molar-refractivity contribution in [3.05, 3.63) is 140 Å². The smallest absolute Gasteiger partial charge is 0.136 e. The zero-order valence-corrected chi connectivity index (χ0v) is 24.8. The van der Waals surface area contributed by atoms with Gasteiger partial charge in [0.25, 0.3) is 0 Å². The Bertz CT molecular complexity index is 2700. The van der Waals surface area contributed by atoms with Crippen LogP contribution in [0.4, 0.5) is 0 Å². The number of benzene rings is 5. The maximum Gasteiger partial charge on any atom is 0.136 e. The van der Waals surface area contributed by atoms with Crippen LogP contribution in [0.5, 0.6) is 0 Å². The molecular weight excluding hydrogens is 571 g/mol. The Kier molecular flexibility index (Phi) is 5.12. The Morgan fingerprint density at radius 1 is 0.467 bits per heavy atom. The Morgan fingerprint density at radius 2 is 1.09 bits per heavy atom. The Labute approximate surface area is 261 Å². The quantitative estimate of drug-likeness (QED) is 0.205. The van der Waals surface area contributed by atoms with Crippen LogP contribution in [-0.4, -0.2) is 14.5 Å². The first-order valence-electron chi connectivity index (χ1n) is 15.0. The highest BCUT2D eigenvalue weighted by Crippen LogP contribution is 2.47. The zero-order chi connectivity index (χ0) is 29.5. The van der Waals surface area contributed by atoms with Crippen molar-refractivity contribution in [1.29, 1.82) is 0 Å². The number of nitrogens with zero attached hydrogens (tertiary/aromatic N) is 3. The van der Waals surface area contributed by atoms with Gasteiger partial charge in [-0.1, -0.05) is 42.5 Å². The molecule has 0 saturated carbocycles. The number of hydrogen-bond donors (Lipinski definition) is 0. The third-order valence-electron chi connectivity index (χ3n) is 8.98. The van der Waals surface area contributed by atoms with Crippen LogP contribution in [0.3, 0.4) is 0 Å². The minimum absolute atomic E-state index is 0.929. The maximum absolute atomic E-state index is 6.27. The lowest BCUT2D eigenvalue weighted by molar-refractivity contribution is 0.669. The van der Waals surface area contributed by atoms with Gasteiger partial charge in [-0.25, -0.2) is 0 Å². The number of para-hydroxylation sites is 2. The Morgan fingerprint density at radius 3 is 1.82 bits per heavy atom. The molecule has 0 fully saturated rings. The number of rotatable bonds is 3. The van der Waals surface area contributed by atoms with Crippen LogP contribution in [0.25, 0.3) is 91.9 Å². The van der Waals surface area contributed by atoms with Gasteiger partial charge >= 0.3 is 0 Å². The molecule has 0 saturated heterocycles. The average molecular weight is 594 g/mol. The first-order valence-corrected chi connectivity index (χ1v) is 15.8. The molecule has 5 heteroatoms. The molecule has 0 spiro atoms. The molecule has 5 aromatic heterocycles. The van der Waals surface area contributed by atoms with Crippen molar-refractivity contribution in [2.45, 2.75) is 0 Å². The summed E-state index contributed by atoms with van der Waals surface area (Å²) in [5, 5.41) is 7.45. The Hall–Kier alpha value is -5.78. The predicted octanol–water partition coefficient (Wildman–Crippen LogP) is 11.2. The van der Waals surface area contributed by atoms with Gasteiger partial charge < -0.3 is 8.98 Å². The van der Waals surface area contributed by atoms with E-state index in [1.165, 1.54) is 52.8 Å². The highest BCUT2D eigenvalue weighted by Gasteiger charge is 2.20. The van der Waals surface area contributed by atoms with Crippen LogP contribution >= 0.6 is 11.3 Å². The SMILES string of the molecule is c1ccc2c(c1)oc1ccc3c4ccc5c(c6ccccc6n5-c5cc(-c6ccncc6)cc(-c6ccncc6)c5)c4sc3c12. The third kappa shape index (κ3) is 3.59. The number of pyridine rings is 2. The monoisotopic (exact) mass is 593 g/mol. The third-order valence-corrected chi connectivity index (χ3v) is 10.2. The molecule has 5 heterocycles. The lowest BCUT2D eigenvalue weighted by Gasteiger charge is -2.14. The summed E-state index contributed by atoms with van der Waals surface area (Å²) in [5.74, 6) is 0. The number of furan rings is 1. The number of thiophene rings is 1. The lowest BCUT2D eigenvalue weighted by Crippen LogP contribution is -1.96. The van der Waals surface area contributed by atoms with Crippen molar-refractivity contribution in [3.8, 4) is 27.9 Å². The normalized spacial score (nSPS) is 12.0. The van der Waals surface area contributed by atoms with Gasteiger partial charge in [-0.05, 0) is 95.1 Å². The summed E-state index contributed by atoms with van der Waals surface area (Å²) in [7, 11) is 0. The second kappa shape index (κ2) is 9.36. The Balaban J connectivity index is 1.31. The van der Waals surface area contributed by atoms with Crippen LogP contribution < -0.4 is 0 Å². The minimum atomic E-state index is 0.929. The van der Waals surface area contributed by atoms with E-state index in [2.05, 4.69) is 124 Å². The van der Waals surface area contributed by atoms with Gasteiger partial charge in [-0.3, -0.25) is 9.97 Å². The van der Waals surface area contributed by atoms with Gasteiger partial charge in [0.15, 0.2) is 0 Å². The molecule has 45 heavy (non-hydrogen) atoms. The summed E-state index contributed by atoms with van der Waals surface area (Å²) in [4.78, 5) is 8.53. The summed E-state index contributed by atoms with van der Waals surface area (Å²) in [6.45, 7) is 0. The zero-order valence-electron chi connectivity index (χ0n) is 23.9. The second-order valence-corrected chi connectivity index (χ2v) is 12.5. The van der Waals surface area contributed by atoms with E-state index >= 15 is 0 Å². The highest BCUT2D eigenvalue weighted by atomic mass is 32.1. The molecular formula is C40H23N3OS. The van der Waals surface area contributed by atoms with Crippen molar-refractivity contribution in [3.63, 3.8) is 0 Å². The standard InChI is InChI=1S/C40H23N3OS/c1-3-7-33-31(5-1)37-34(11-9-29-30-10-12-36-38(40(30)45-39(29)37)32-6-2-4-8-35(32)44-36)43(33)28-22-26(24-13-17-41-18-14-24)21-27(23-28)25-15-19-42-20-16-25/h1-23H. The predicted molar refractivity (Wildman–Crippen MR) is 187 cm³/mol. The number of aromatic nitrogens is 3. The fourth-order valence-corrected chi connectivity index (χ4v) is 8.40. The van der Waals surface area contributed by atoms with Gasteiger partial charge in [0, 0.05) is 72.2 Å². The van der Waals surface area contributed by atoms with E-state index in [1.807, 2.05) is 42.2 Å². The fourth-order valence-electron chi connectivity index (χ4n) is 6.99. The van der Waals surface area contributed by atoms with Crippen molar-refractivity contribution in [2.75, 3.05) is 0 Å². The highest BCUT2D eigenvalue weighted by molar-refractivity contribution is 7.27. The van der Waals surface area contributed by atoms with Gasteiger partial charge in [-0.2, -0.15) is 0 Å². The molecule has 0 atom stereocenters. The molecule has 210 valence electrons.